The fourth-order valence-corrected chi connectivity index (χ4v) is 4.34. The Bertz CT molecular complexity index is 1260. The van der Waals surface area contributed by atoms with Gasteiger partial charge in [0.2, 0.25) is 0 Å². The van der Waals surface area contributed by atoms with Crippen LogP contribution in [0.2, 0.25) is 5.02 Å². The lowest BCUT2D eigenvalue weighted by Crippen LogP contribution is -2.48. The molecule has 0 spiro atoms. The van der Waals surface area contributed by atoms with Crippen LogP contribution in [0.3, 0.4) is 0 Å². The van der Waals surface area contributed by atoms with Crippen LogP contribution in [0.25, 0.3) is 0 Å². The SMILES string of the molecule is CC(C)COc1ccc(C(=O)NC(=S)Nc2ccc(N3CCN(C(=O)c4ccc(Cl)cc4)CC3)cc2)cc1. The van der Waals surface area contributed by atoms with Gasteiger partial charge in [-0.2, -0.15) is 0 Å². The zero-order chi connectivity index (χ0) is 27.1. The van der Waals surface area contributed by atoms with E-state index < -0.39 is 0 Å². The minimum absolute atomic E-state index is 0.0202. The van der Waals surface area contributed by atoms with Crippen LogP contribution in [-0.2, 0) is 0 Å². The van der Waals surface area contributed by atoms with Crippen molar-refractivity contribution in [3.8, 4) is 5.75 Å². The van der Waals surface area contributed by atoms with Crippen LogP contribution in [0.15, 0.2) is 72.8 Å². The van der Waals surface area contributed by atoms with Crippen molar-refractivity contribution in [3.05, 3.63) is 88.9 Å². The summed E-state index contributed by atoms with van der Waals surface area (Å²) in [4.78, 5) is 29.4. The maximum absolute atomic E-state index is 12.7. The summed E-state index contributed by atoms with van der Waals surface area (Å²) in [6, 6.07) is 21.8. The first kappa shape index (κ1) is 27.4. The van der Waals surface area contributed by atoms with E-state index in [1.165, 1.54) is 0 Å². The second kappa shape index (κ2) is 12.8. The van der Waals surface area contributed by atoms with E-state index in [-0.39, 0.29) is 16.9 Å². The summed E-state index contributed by atoms with van der Waals surface area (Å²) in [5.41, 5.74) is 2.97. The number of halogens is 1. The van der Waals surface area contributed by atoms with Crippen molar-refractivity contribution in [1.29, 1.82) is 0 Å². The van der Waals surface area contributed by atoms with Gasteiger partial charge in [0.1, 0.15) is 5.75 Å². The van der Waals surface area contributed by atoms with Gasteiger partial charge in [0.05, 0.1) is 6.61 Å². The lowest BCUT2D eigenvalue weighted by molar-refractivity contribution is 0.0746. The van der Waals surface area contributed by atoms with Gasteiger partial charge in [-0.15, -0.1) is 0 Å². The second-order valence-corrected chi connectivity index (χ2v) is 10.3. The first-order chi connectivity index (χ1) is 18.3. The number of anilines is 2. The molecular weight excluding hydrogens is 520 g/mol. The summed E-state index contributed by atoms with van der Waals surface area (Å²) in [7, 11) is 0. The zero-order valence-corrected chi connectivity index (χ0v) is 23.0. The molecule has 9 heteroatoms. The van der Waals surface area contributed by atoms with Gasteiger partial charge < -0.3 is 19.9 Å². The average Bonchev–Trinajstić information content (AvgIpc) is 2.92. The number of ether oxygens (including phenoxy) is 1. The molecule has 1 fully saturated rings. The Kier molecular flexibility index (Phi) is 9.20. The van der Waals surface area contributed by atoms with Gasteiger partial charge in [-0.05, 0) is 90.9 Å². The van der Waals surface area contributed by atoms with E-state index in [2.05, 4.69) is 29.4 Å². The molecule has 0 radical (unpaired) electrons. The van der Waals surface area contributed by atoms with Crippen LogP contribution >= 0.6 is 23.8 Å². The molecular formula is C29H31ClN4O3S. The topological polar surface area (TPSA) is 73.9 Å². The highest BCUT2D eigenvalue weighted by Crippen LogP contribution is 2.21. The minimum atomic E-state index is -0.291. The molecule has 0 atom stereocenters. The Morgan fingerprint density at radius 3 is 2.11 bits per heavy atom. The number of nitrogens with zero attached hydrogens (tertiary/aromatic N) is 2. The smallest absolute Gasteiger partial charge is 0.257 e. The maximum Gasteiger partial charge on any atom is 0.257 e. The molecule has 38 heavy (non-hydrogen) atoms. The first-order valence-electron chi connectivity index (χ1n) is 12.5. The predicted octanol–water partition coefficient (Wildman–Crippen LogP) is 5.46. The highest BCUT2D eigenvalue weighted by Gasteiger charge is 2.22. The van der Waals surface area contributed by atoms with E-state index in [4.69, 9.17) is 28.6 Å². The summed E-state index contributed by atoms with van der Waals surface area (Å²) >= 11 is 11.3. The van der Waals surface area contributed by atoms with Crippen LogP contribution in [0.4, 0.5) is 11.4 Å². The summed E-state index contributed by atoms with van der Waals surface area (Å²) in [6.07, 6.45) is 0. The van der Waals surface area contributed by atoms with Crippen LogP contribution in [0.5, 0.6) is 5.75 Å². The third kappa shape index (κ3) is 7.46. The molecule has 1 heterocycles. The fraction of sp³-hybridized carbons (Fsp3) is 0.276. The Balaban J connectivity index is 1.24. The van der Waals surface area contributed by atoms with Gasteiger partial charge in [-0.25, -0.2) is 0 Å². The molecule has 1 aliphatic heterocycles. The summed E-state index contributed by atoms with van der Waals surface area (Å²) in [5.74, 6) is 0.884. The first-order valence-corrected chi connectivity index (χ1v) is 13.3. The lowest BCUT2D eigenvalue weighted by atomic mass is 10.1. The lowest BCUT2D eigenvalue weighted by Gasteiger charge is -2.36. The van der Waals surface area contributed by atoms with Gasteiger partial charge in [0, 0.05) is 53.7 Å². The number of carbonyl (C=O) groups excluding carboxylic acids is 2. The molecule has 7 nitrogen and oxygen atoms in total. The Labute approximate surface area is 233 Å². The molecule has 198 valence electrons. The fourth-order valence-electron chi connectivity index (χ4n) is 4.00. The molecule has 2 N–H and O–H groups in total. The number of benzene rings is 3. The van der Waals surface area contributed by atoms with Crippen molar-refractivity contribution in [2.75, 3.05) is 43.0 Å². The molecule has 2 amide bonds. The maximum atomic E-state index is 12.7. The number of piperazine rings is 1. The Morgan fingerprint density at radius 2 is 1.50 bits per heavy atom. The number of rotatable bonds is 7. The number of thiocarbonyl (C=S) groups is 1. The van der Waals surface area contributed by atoms with Crippen molar-refractivity contribution in [2.24, 2.45) is 5.92 Å². The van der Waals surface area contributed by atoms with Gasteiger partial charge in [-0.3, -0.25) is 14.9 Å². The van der Waals surface area contributed by atoms with E-state index in [1.807, 2.05) is 29.2 Å². The van der Waals surface area contributed by atoms with Crippen molar-refractivity contribution in [1.82, 2.24) is 10.2 Å². The van der Waals surface area contributed by atoms with Gasteiger partial charge >= 0.3 is 0 Å². The number of carbonyl (C=O) groups is 2. The highest BCUT2D eigenvalue weighted by molar-refractivity contribution is 7.80. The Hall–Kier alpha value is -3.62. The van der Waals surface area contributed by atoms with E-state index in [0.29, 0.717) is 41.8 Å². The average molecular weight is 551 g/mol. The van der Waals surface area contributed by atoms with E-state index in [0.717, 1.165) is 30.2 Å². The number of nitrogens with one attached hydrogen (secondary N) is 2. The zero-order valence-electron chi connectivity index (χ0n) is 21.4. The van der Waals surface area contributed by atoms with Gasteiger partial charge in [0.25, 0.3) is 11.8 Å². The number of hydrogen-bond donors (Lipinski definition) is 2. The predicted molar refractivity (Wildman–Crippen MR) is 156 cm³/mol. The van der Waals surface area contributed by atoms with E-state index >= 15 is 0 Å². The largest absolute Gasteiger partial charge is 0.493 e. The number of hydrogen-bond acceptors (Lipinski definition) is 5. The third-order valence-corrected chi connectivity index (χ3v) is 6.53. The summed E-state index contributed by atoms with van der Waals surface area (Å²) in [5, 5.41) is 6.60. The van der Waals surface area contributed by atoms with Crippen molar-refractivity contribution in [3.63, 3.8) is 0 Å². The van der Waals surface area contributed by atoms with Gasteiger partial charge in [-0.1, -0.05) is 25.4 Å². The monoisotopic (exact) mass is 550 g/mol. The van der Waals surface area contributed by atoms with E-state index in [1.54, 1.807) is 48.5 Å². The number of amides is 2. The standard InChI is InChI=1S/C29H31ClN4O3S/c1-20(2)19-37-26-13-5-21(6-14-26)27(35)32-29(38)31-24-9-11-25(12-10-24)33-15-17-34(18-16-33)28(36)22-3-7-23(30)8-4-22/h3-14,20H,15-19H2,1-2H3,(H2,31,32,35,38). The molecule has 3 aromatic rings. The second-order valence-electron chi connectivity index (χ2n) is 9.47. The highest BCUT2D eigenvalue weighted by atomic mass is 35.5. The summed E-state index contributed by atoms with van der Waals surface area (Å²) < 4.78 is 5.66. The summed E-state index contributed by atoms with van der Waals surface area (Å²) in [6.45, 7) is 7.55. The normalized spacial score (nSPS) is 13.3. The quantitative estimate of drug-likeness (QED) is 0.380. The van der Waals surface area contributed by atoms with Crippen LogP contribution < -0.4 is 20.3 Å². The molecule has 4 rings (SSSR count). The van der Waals surface area contributed by atoms with Crippen molar-refractivity contribution < 1.29 is 14.3 Å². The van der Waals surface area contributed by atoms with Crippen LogP contribution in [0.1, 0.15) is 34.6 Å². The van der Waals surface area contributed by atoms with Crippen molar-refractivity contribution in [2.45, 2.75) is 13.8 Å². The van der Waals surface area contributed by atoms with Crippen molar-refractivity contribution >= 4 is 52.1 Å². The molecule has 0 aromatic heterocycles. The Morgan fingerprint density at radius 1 is 0.895 bits per heavy atom. The molecule has 3 aromatic carbocycles. The molecule has 0 bridgehead atoms. The molecule has 0 aliphatic carbocycles. The van der Waals surface area contributed by atoms with Gasteiger partial charge in [0.15, 0.2) is 5.11 Å². The van der Waals surface area contributed by atoms with Crippen LogP contribution in [-0.4, -0.2) is 54.6 Å². The molecule has 0 unspecified atom stereocenters. The molecule has 0 saturated carbocycles. The minimum Gasteiger partial charge on any atom is -0.493 e. The van der Waals surface area contributed by atoms with E-state index in [9.17, 15) is 9.59 Å². The molecule has 1 aliphatic rings. The third-order valence-electron chi connectivity index (χ3n) is 6.08. The molecule has 1 saturated heterocycles. The van der Waals surface area contributed by atoms with Crippen LogP contribution in [0, 0.1) is 5.92 Å².